The van der Waals surface area contributed by atoms with Gasteiger partial charge in [-0.2, -0.15) is 0 Å². The minimum absolute atomic E-state index is 0.0505. The predicted molar refractivity (Wildman–Crippen MR) is 51.2 cm³/mol. The fraction of sp³-hybridized carbons (Fsp3) is 0.800. The van der Waals surface area contributed by atoms with Gasteiger partial charge < -0.3 is 9.80 Å². The lowest BCUT2D eigenvalue weighted by atomic mass is 9.98. The summed E-state index contributed by atoms with van der Waals surface area (Å²) < 4.78 is 0. The van der Waals surface area contributed by atoms with Crippen molar-refractivity contribution >= 4 is 12.3 Å². The highest BCUT2D eigenvalue weighted by Gasteiger charge is 2.35. The summed E-state index contributed by atoms with van der Waals surface area (Å²) in [5, 5.41) is 0. The largest absolute Gasteiger partial charge is 0.342 e. The molecule has 0 aromatic rings. The standard InChI is InChI=1S/C10H15N2O2/c13-8-11-6-9(7-11)10(14)12-4-2-1-3-5-12/h9H,1-7H2. The second-order valence-electron chi connectivity index (χ2n) is 4.08. The van der Waals surface area contributed by atoms with E-state index in [-0.39, 0.29) is 11.8 Å². The Morgan fingerprint density at radius 3 is 2.36 bits per heavy atom. The van der Waals surface area contributed by atoms with Crippen LogP contribution in [0.25, 0.3) is 0 Å². The maximum absolute atomic E-state index is 11.8. The molecule has 0 N–H and O–H groups in total. The van der Waals surface area contributed by atoms with Crippen molar-refractivity contribution < 1.29 is 9.59 Å². The van der Waals surface area contributed by atoms with Crippen LogP contribution in [-0.2, 0) is 9.59 Å². The molecule has 0 aliphatic carbocycles. The predicted octanol–water partition coefficient (Wildman–Crippen LogP) is -0.00210. The van der Waals surface area contributed by atoms with Crippen LogP contribution in [0.5, 0.6) is 0 Å². The van der Waals surface area contributed by atoms with Gasteiger partial charge in [-0.05, 0) is 19.3 Å². The second-order valence-corrected chi connectivity index (χ2v) is 4.08. The summed E-state index contributed by atoms with van der Waals surface area (Å²) in [6, 6.07) is 0. The Kier molecular flexibility index (Phi) is 2.70. The summed E-state index contributed by atoms with van der Waals surface area (Å²) in [6.07, 6.45) is 5.29. The molecule has 1 radical (unpaired) electrons. The molecular weight excluding hydrogens is 180 g/mol. The van der Waals surface area contributed by atoms with Crippen LogP contribution in [-0.4, -0.2) is 48.3 Å². The molecule has 0 unspecified atom stereocenters. The zero-order chi connectivity index (χ0) is 9.97. The van der Waals surface area contributed by atoms with E-state index in [0.29, 0.717) is 13.1 Å². The van der Waals surface area contributed by atoms with Gasteiger partial charge in [0.1, 0.15) is 0 Å². The Morgan fingerprint density at radius 2 is 1.79 bits per heavy atom. The van der Waals surface area contributed by atoms with Crippen LogP contribution in [0.15, 0.2) is 0 Å². The number of rotatable bonds is 2. The number of amides is 2. The summed E-state index contributed by atoms with van der Waals surface area (Å²) >= 11 is 0. The molecular formula is C10H15N2O2. The second kappa shape index (κ2) is 3.98. The van der Waals surface area contributed by atoms with Crippen LogP contribution >= 0.6 is 0 Å². The molecule has 0 aromatic carbocycles. The molecule has 2 amide bonds. The third-order valence-corrected chi connectivity index (χ3v) is 3.03. The third-order valence-electron chi connectivity index (χ3n) is 3.03. The summed E-state index contributed by atoms with van der Waals surface area (Å²) in [5.74, 6) is 0.283. The first kappa shape index (κ1) is 9.49. The lowest BCUT2D eigenvalue weighted by Crippen LogP contribution is -2.54. The third kappa shape index (κ3) is 1.74. The molecule has 2 saturated heterocycles. The van der Waals surface area contributed by atoms with Crippen molar-refractivity contribution in [1.82, 2.24) is 9.80 Å². The van der Waals surface area contributed by atoms with E-state index in [0.717, 1.165) is 25.9 Å². The van der Waals surface area contributed by atoms with Gasteiger partial charge in [-0.25, -0.2) is 0 Å². The fourth-order valence-corrected chi connectivity index (χ4v) is 2.08. The Bertz CT molecular complexity index is 230. The molecule has 4 nitrogen and oxygen atoms in total. The normalized spacial score (nSPS) is 23.1. The molecule has 2 fully saturated rings. The van der Waals surface area contributed by atoms with Crippen molar-refractivity contribution in [2.45, 2.75) is 19.3 Å². The quantitative estimate of drug-likeness (QED) is 0.622. The number of carbonyl (C=O) groups excluding carboxylic acids is 2. The van der Waals surface area contributed by atoms with Crippen LogP contribution in [0, 0.1) is 5.92 Å². The maximum Gasteiger partial charge on any atom is 0.312 e. The van der Waals surface area contributed by atoms with E-state index in [2.05, 4.69) is 0 Å². The zero-order valence-corrected chi connectivity index (χ0v) is 8.24. The van der Waals surface area contributed by atoms with Gasteiger partial charge in [-0.3, -0.25) is 9.59 Å². The molecule has 2 aliphatic heterocycles. The molecule has 2 heterocycles. The minimum atomic E-state index is 0.0505. The first-order chi connectivity index (χ1) is 6.81. The van der Waals surface area contributed by atoms with Gasteiger partial charge in [0.05, 0.1) is 5.92 Å². The van der Waals surface area contributed by atoms with Gasteiger partial charge in [-0.1, -0.05) is 0 Å². The lowest BCUT2D eigenvalue weighted by Gasteiger charge is -2.38. The van der Waals surface area contributed by atoms with Crippen molar-refractivity contribution in [3.63, 3.8) is 0 Å². The highest BCUT2D eigenvalue weighted by molar-refractivity contribution is 5.81. The number of nitrogens with zero attached hydrogens (tertiary/aromatic N) is 2. The number of likely N-dealkylation sites (tertiary alicyclic amines) is 2. The zero-order valence-electron chi connectivity index (χ0n) is 8.24. The molecule has 77 valence electrons. The first-order valence-corrected chi connectivity index (χ1v) is 5.23. The van der Waals surface area contributed by atoms with Crippen LogP contribution in [0.1, 0.15) is 19.3 Å². The number of piperidine rings is 1. The fourth-order valence-electron chi connectivity index (χ4n) is 2.08. The number of hydrogen-bond donors (Lipinski definition) is 0. The average molecular weight is 195 g/mol. The summed E-state index contributed by atoms with van der Waals surface area (Å²) in [6.45, 7) is 2.94. The van der Waals surface area contributed by atoms with Gasteiger partial charge in [0.2, 0.25) is 5.91 Å². The van der Waals surface area contributed by atoms with Gasteiger partial charge in [0.25, 0.3) is 0 Å². The van der Waals surface area contributed by atoms with Crippen molar-refractivity contribution in [2.24, 2.45) is 5.92 Å². The molecule has 0 aromatic heterocycles. The monoisotopic (exact) mass is 195 g/mol. The molecule has 0 atom stereocenters. The lowest BCUT2D eigenvalue weighted by molar-refractivity contribution is -0.140. The highest BCUT2D eigenvalue weighted by atomic mass is 16.2. The molecule has 0 spiro atoms. The van der Waals surface area contributed by atoms with Gasteiger partial charge in [0, 0.05) is 26.2 Å². The van der Waals surface area contributed by atoms with Gasteiger partial charge in [0.15, 0.2) is 0 Å². The van der Waals surface area contributed by atoms with Crippen LogP contribution in [0.3, 0.4) is 0 Å². The molecule has 0 bridgehead atoms. The van der Waals surface area contributed by atoms with Gasteiger partial charge >= 0.3 is 6.41 Å². The van der Waals surface area contributed by atoms with E-state index in [1.54, 1.807) is 6.41 Å². The van der Waals surface area contributed by atoms with Crippen LogP contribution in [0.4, 0.5) is 0 Å². The Hall–Kier alpha value is -1.06. The van der Waals surface area contributed by atoms with E-state index < -0.39 is 0 Å². The first-order valence-electron chi connectivity index (χ1n) is 5.23. The van der Waals surface area contributed by atoms with Crippen LogP contribution < -0.4 is 0 Å². The Labute approximate surface area is 83.9 Å². The van der Waals surface area contributed by atoms with Crippen molar-refractivity contribution in [1.29, 1.82) is 0 Å². The van der Waals surface area contributed by atoms with Crippen LogP contribution in [0.2, 0.25) is 0 Å². The maximum atomic E-state index is 11.8. The van der Waals surface area contributed by atoms with E-state index in [1.807, 2.05) is 4.90 Å². The van der Waals surface area contributed by atoms with E-state index in [9.17, 15) is 9.59 Å². The van der Waals surface area contributed by atoms with Gasteiger partial charge in [-0.15, -0.1) is 0 Å². The van der Waals surface area contributed by atoms with E-state index in [4.69, 9.17) is 0 Å². The smallest absolute Gasteiger partial charge is 0.312 e. The molecule has 4 heteroatoms. The summed E-state index contributed by atoms with van der Waals surface area (Å²) in [5.41, 5.74) is 0. The summed E-state index contributed by atoms with van der Waals surface area (Å²) in [7, 11) is 0. The Balaban J connectivity index is 1.80. The van der Waals surface area contributed by atoms with E-state index in [1.165, 1.54) is 11.3 Å². The minimum Gasteiger partial charge on any atom is -0.342 e. The highest BCUT2D eigenvalue weighted by Crippen LogP contribution is 2.19. The van der Waals surface area contributed by atoms with Crippen molar-refractivity contribution in [2.75, 3.05) is 26.2 Å². The topological polar surface area (TPSA) is 40.6 Å². The molecule has 2 aliphatic rings. The van der Waals surface area contributed by atoms with Crippen molar-refractivity contribution in [3.8, 4) is 0 Å². The number of hydrogen-bond acceptors (Lipinski definition) is 2. The Morgan fingerprint density at radius 1 is 1.14 bits per heavy atom. The molecule has 0 saturated carbocycles. The summed E-state index contributed by atoms with van der Waals surface area (Å²) in [4.78, 5) is 25.5. The molecule has 14 heavy (non-hydrogen) atoms. The number of carbonyl (C=O) groups is 1. The van der Waals surface area contributed by atoms with Crippen molar-refractivity contribution in [3.05, 3.63) is 0 Å². The van der Waals surface area contributed by atoms with E-state index >= 15 is 0 Å². The SMILES string of the molecule is O=[C]N1CC(C(=O)N2CCCCC2)C1. The average Bonchev–Trinajstić information content (AvgIpc) is 2.17. The molecule has 2 rings (SSSR count).